The van der Waals surface area contributed by atoms with Gasteiger partial charge in [0.1, 0.15) is 17.0 Å². The van der Waals surface area contributed by atoms with E-state index < -0.39 is 18.0 Å². The van der Waals surface area contributed by atoms with E-state index in [9.17, 15) is 9.59 Å². The van der Waals surface area contributed by atoms with Crippen LogP contribution in [-0.4, -0.2) is 35.8 Å². The number of hydrogen-bond donors (Lipinski definition) is 1. The molecule has 3 rings (SSSR count). The number of aromatic nitrogens is 1. The number of rotatable bonds is 7. The molecule has 8 heteroatoms. The van der Waals surface area contributed by atoms with E-state index in [-0.39, 0.29) is 5.75 Å². The quantitative estimate of drug-likeness (QED) is 0.491. The van der Waals surface area contributed by atoms with Crippen LogP contribution in [0.1, 0.15) is 6.92 Å². The van der Waals surface area contributed by atoms with Gasteiger partial charge in [0.05, 0.1) is 12.8 Å². The van der Waals surface area contributed by atoms with Crippen LogP contribution in [0.2, 0.25) is 0 Å². The SMILES string of the molecule is COc1ccccc1NC(=O)[C@H](C)OC(=O)CSc1nc2ccccc2o1. The first-order valence-corrected chi connectivity index (χ1v) is 9.17. The van der Waals surface area contributed by atoms with E-state index >= 15 is 0 Å². The lowest BCUT2D eigenvalue weighted by molar-refractivity contribution is -0.150. The lowest BCUT2D eigenvalue weighted by atomic mass is 10.2. The minimum atomic E-state index is -0.952. The Morgan fingerprint density at radius 2 is 1.93 bits per heavy atom. The number of fused-ring (bicyclic) bond motifs is 1. The van der Waals surface area contributed by atoms with E-state index in [0.717, 1.165) is 17.3 Å². The predicted molar refractivity (Wildman–Crippen MR) is 102 cm³/mol. The number of amides is 1. The maximum Gasteiger partial charge on any atom is 0.317 e. The molecule has 3 aromatic rings. The Morgan fingerprint density at radius 3 is 2.70 bits per heavy atom. The van der Waals surface area contributed by atoms with E-state index in [2.05, 4.69) is 10.3 Å². The highest BCUT2D eigenvalue weighted by atomic mass is 32.2. The van der Waals surface area contributed by atoms with Crippen molar-refractivity contribution in [1.82, 2.24) is 4.98 Å². The number of nitrogens with zero attached hydrogens (tertiary/aromatic N) is 1. The molecule has 0 saturated heterocycles. The summed E-state index contributed by atoms with van der Waals surface area (Å²) in [7, 11) is 1.51. The first-order valence-electron chi connectivity index (χ1n) is 8.18. The molecule has 2 aromatic carbocycles. The molecule has 0 aliphatic carbocycles. The Balaban J connectivity index is 1.51. The molecule has 0 radical (unpaired) electrons. The van der Waals surface area contributed by atoms with Crippen molar-refractivity contribution in [2.45, 2.75) is 18.3 Å². The lowest BCUT2D eigenvalue weighted by Crippen LogP contribution is -2.30. The van der Waals surface area contributed by atoms with Crippen molar-refractivity contribution in [3.63, 3.8) is 0 Å². The topological polar surface area (TPSA) is 90.7 Å². The normalized spacial score (nSPS) is 11.8. The Kier molecular flexibility index (Phi) is 5.97. The van der Waals surface area contributed by atoms with E-state index in [4.69, 9.17) is 13.9 Å². The van der Waals surface area contributed by atoms with Gasteiger partial charge in [-0.25, -0.2) is 4.98 Å². The van der Waals surface area contributed by atoms with Gasteiger partial charge in [0.15, 0.2) is 11.7 Å². The van der Waals surface area contributed by atoms with Crippen LogP contribution >= 0.6 is 11.8 Å². The molecule has 7 nitrogen and oxygen atoms in total. The second-order valence-electron chi connectivity index (χ2n) is 5.56. The number of oxazole rings is 1. The van der Waals surface area contributed by atoms with Crippen LogP contribution in [0.3, 0.4) is 0 Å². The molecule has 1 atom stereocenters. The summed E-state index contributed by atoms with van der Waals surface area (Å²) < 4.78 is 15.9. The lowest BCUT2D eigenvalue weighted by Gasteiger charge is -2.14. The van der Waals surface area contributed by atoms with Crippen LogP contribution in [0.25, 0.3) is 11.1 Å². The van der Waals surface area contributed by atoms with Crippen LogP contribution in [0.4, 0.5) is 5.69 Å². The number of benzene rings is 2. The zero-order chi connectivity index (χ0) is 19.2. The second kappa shape index (κ2) is 8.59. The maximum atomic E-state index is 12.2. The number of methoxy groups -OCH3 is 1. The van der Waals surface area contributed by atoms with Gasteiger partial charge in [-0.05, 0) is 31.2 Å². The first kappa shape index (κ1) is 18.8. The monoisotopic (exact) mass is 386 g/mol. The van der Waals surface area contributed by atoms with Crippen LogP contribution in [0.5, 0.6) is 5.75 Å². The number of thioether (sulfide) groups is 1. The molecule has 0 fully saturated rings. The summed E-state index contributed by atoms with van der Waals surface area (Å²) in [5.74, 6) is -0.473. The molecule has 1 aromatic heterocycles. The van der Waals surface area contributed by atoms with Gasteiger partial charge >= 0.3 is 5.97 Å². The van der Waals surface area contributed by atoms with E-state index in [0.29, 0.717) is 22.2 Å². The molecule has 0 saturated carbocycles. The number of para-hydroxylation sites is 4. The second-order valence-corrected chi connectivity index (χ2v) is 6.48. The van der Waals surface area contributed by atoms with Crippen molar-refractivity contribution in [3.8, 4) is 5.75 Å². The van der Waals surface area contributed by atoms with Gasteiger partial charge in [0.2, 0.25) is 0 Å². The Hall–Kier alpha value is -3.00. The summed E-state index contributed by atoms with van der Waals surface area (Å²) in [6.45, 7) is 1.51. The van der Waals surface area contributed by atoms with Crippen molar-refractivity contribution in [2.75, 3.05) is 18.2 Å². The highest BCUT2D eigenvalue weighted by Gasteiger charge is 2.20. The van der Waals surface area contributed by atoms with E-state index in [1.807, 2.05) is 18.2 Å². The summed E-state index contributed by atoms with van der Waals surface area (Å²) in [4.78, 5) is 28.5. The van der Waals surface area contributed by atoms with Crippen molar-refractivity contribution >= 4 is 40.4 Å². The molecule has 0 unspecified atom stereocenters. The van der Waals surface area contributed by atoms with Gasteiger partial charge in [-0.15, -0.1) is 0 Å². The first-order chi connectivity index (χ1) is 13.1. The average molecular weight is 386 g/mol. The fraction of sp³-hybridized carbons (Fsp3) is 0.211. The highest BCUT2D eigenvalue weighted by molar-refractivity contribution is 7.99. The van der Waals surface area contributed by atoms with Crippen LogP contribution in [-0.2, 0) is 14.3 Å². The number of carbonyl (C=O) groups excluding carboxylic acids is 2. The van der Waals surface area contributed by atoms with Crippen LogP contribution in [0.15, 0.2) is 58.2 Å². The summed E-state index contributed by atoms with van der Waals surface area (Å²) >= 11 is 1.11. The third-order valence-corrected chi connectivity index (χ3v) is 4.43. The zero-order valence-corrected chi connectivity index (χ0v) is 15.6. The summed E-state index contributed by atoms with van der Waals surface area (Å²) in [6.07, 6.45) is -0.952. The highest BCUT2D eigenvalue weighted by Crippen LogP contribution is 2.24. The van der Waals surface area contributed by atoms with Gasteiger partial charge in [-0.2, -0.15) is 0 Å². The molecule has 1 heterocycles. The number of nitrogens with one attached hydrogen (secondary N) is 1. The smallest absolute Gasteiger partial charge is 0.317 e. The maximum absolute atomic E-state index is 12.2. The molecule has 0 aliphatic rings. The van der Waals surface area contributed by atoms with E-state index in [1.165, 1.54) is 14.0 Å². The summed E-state index contributed by atoms with van der Waals surface area (Å²) in [5.41, 5.74) is 1.88. The summed E-state index contributed by atoms with van der Waals surface area (Å²) in [6, 6.07) is 14.3. The van der Waals surface area contributed by atoms with Crippen LogP contribution < -0.4 is 10.1 Å². The standard InChI is InChI=1S/C19H18N2O5S/c1-12(18(23)20-13-7-3-5-9-15(13)24-2)25-17(22)11-27-19-21-14-8-4-6-10-16(14)26-19/h3-10,12H,11H2,1-2H3,(H,20,23)/t12-/m0/s1. The molecule has 1 amide bonds. The Morgan fingerprint density at radius 1 is 1.19 bits per heavy atom. The minimum Gasteiger partial charge on any atom is -0.495 e. The van der Waals surface area contributed by atoms with Crippen molar-refractivity contribution in [2.24, 2.45) is 0 Å². The van der Waals surface area contributed by atoms with Gasteiger partial charge in [-0.3, -0.25) is 9.59 Å². The molecule has 1 N–H and O–H groups in total. The molecular weight excluding hydrogens is 368 g/mol. The van der Waals surface area contributed by atoms with Crippen molar-refractivity contribution < 1.29 is 23.5 Å². The molecule has 140 valence electrons. The average Bonchev–Trinajstić information content (AvgIpc) is 3.09. The largest absolute Gasteiger partial charge is 0.495 e. The molecular formula is C19H18N2O5S. The van der Waals surface area contributed by atoms with Crippen molar-refractivity contribution in [1.29, 1.82) is 0 Å². The van der Waals surface area contributed by atoms with E-state index in [1.54, 1.807) is 30.3 Å². The van der Waals surface area contributed by atoms with Gasteiger partial charge in [0, 0.05) is 0 Å². The molecule has 0 bridgehead atoms. The number of carbonyl (C=O) groups is 2. The minimum absolute atomic E-state index is 0.0148. The van der Waals surface area contributed by atoms with Crippen LogP contribution in [0, 0.1) is 0 Å². The van der Waals surface area contributed by atoms with Gasteiger partial charge < -0.3 is 19.2 Å². The molecule has 0 spiro atoms. The number of hydrogen-bond acceptors (Lipinski definition) is 7. The van der Waals surface area contributed by atoms with Gasteiger partial charge in [0.25, 0.3) is 11.1 Å². The third-order valence-electron chi connectivity index (χ3n) is 3.63. The fourth-order valence-electron chi connectivity index (χ4n) is 2.30. The number of esters is 1. The van der Waals surface area contributed by atoms with Crippen molar-refractivity contribution in [3.05, 3.63) is 48.5 Å². The number of ether oxygens (including phenoxy) is 2. The fourth-order valence-corrected chi connectivity index (χ4v) is 2.92. The number of anilines is 1. The third kappa shape index (κ3) is 4.79. The molecule has 0 aliphatic heterocycles. The predicted octanol–water partition coefficient (Wildman–Crippen LogP) is 3.50. The Bertz CT molecular complexity index is 923. The molecule has 27 heavy (non-hydrogen) atoms. The van der Waals surface area contributed by atoms with Gasteiger partial charge in [-0.1, -0.05) is 36.0 Å². The Labute approximate surface area is 160 Å². The zero-order valence-electron chi connectivity index (χ0n) is 14.8. The summed E-state index contributed by atoms with van der Waals surface area (Å²) in [5, 5.41) is 3.05.